The first-order valence-corrected chi connectivity index (χ1v) is 10.00. The number of guanidine groups is 1. The Kier molecular flexibility index (Phi) is 11.3. The molecule has 1 unspecified atom stereocenters. The van der Waals surface area contributed by atoms with Gasteiger partial charge in [0.15, 0.2) is 5.96 Å². The third-order valence-electron chi connectivity index (χ3n) is 5.10. The number of halogens is 1. The van der Waals surface area contributed by atoms with E-state index in [9.17, 15) is 0 Å². The van der Waals surface area contributed by atoms with Gasteiger partial charge in [-0.1, -0.05) is 43.7 Å². The number of hydrogen-bond donors (Lipinski definition) is 2. The average molecular weight is 487 g/mol. The van der Waals surface area contributed by atoms with Crippen LogP contribution in [0.4, 0.5) is 0 Å². The minimum atomic E-state index is 0. The van der Waals surface area contributed by atoms with Crippen molar-refractivity contribution in [2.24, 2.45) is 10.9 Å². The number of benzene rings is 1. The second kappa shape index (κ2) is 12.6. The van der Waals surface area contributed by atoms with Gasteiger partial charge in [0.05, 0.1) is 6.54 Å². The van der Waals surface area contributed by atoms with Gasteiger partial charge in [0, 0.05) is 45.3 Å². The van der Waals surface area contributed by atoms with Gasteiger partial charge in [0.2, 0.25) is 0 Å². The van der Waals surface area contributed by atoms with E-state index in [4.69, 9.17) is 4.99 Å². The fraction of sp³-hybridized carbons (Fsp3) is 0.667. The molecule has 1 saturated heterocycles. The molecule has 1 aliphatic heterocycles. The molecule has 0 radical (unpaired) electrons. The molecule has 0 amide bonds. The summed E-state index contributed by atoms with van der Waals surface area (Å²) in [7, 11) is 2.21. The van der Waals surface area contributed by atoms with Gasteiger partial charge in [-0.15, -0.1) is 24.0 Å². The third-order valence-corrected chi connectivity index (χ3v) is 5.10. The summed E-state index contributed by atoms with van der Waals surface area (Å²) in [6.45, 7) is 16.0. The predicted octanol–water partition coefficient (Wildman–Crippen LogP) is 2.94. The highest BCUT2D eigenvalue weighted by Gasteiger charge is 2.24. The second-order valence-electron chi connectivity index (χ2n) is 7.72. The average Bonchev–Trinajstić information content (AvgIpc) is 2.61. The molecule has 1 heterocycles. The Morgan fingerprint density at radius 2 is 1.85 bits per heavy atom. The predicted molar refractivity (Wildman–Crippen MR) is 127 cm³/mol. The molecule has 0 aliphatic carbocycles. The molecule has 0 saturated carbocycles. The molecule has 27 heavy (non-hydrogen) atoms. The number of piperazine rings is 1. The van der Waals surface area contributed by atoms with E-state index in [2.05, 4.69) is 79.4 Å². The maximum absolute atomic E-state index is 4.78. The summed E-state index contributed by atoms with van der Waals surface area (Å²) in [4.78, 5) is 9.82. The number of aryl methyl sites for hydroxylation is 1. The fourth-order valence-corrected chi connectivity index (χ4v) is 3.46. The standard InChI is InChI=1S/C21H37N5.HI/c1-6-22-21(23-15-19-9-7-8-18(4)14-19)24-16-20(17(2)3)26-12-10-25(5)11-13-26;/h7-9,14,17,20H,6,10-13,15-16H2,1-5H3,(H2,22,23,24);1H. The highest BCUT2D eigenvalue weighted by Crippen LogP contribution is 2.13. The van der Waals surface area contributed by atoms with Crippen LogP contribution in [-0.2, 0) is 6.54 Å². The van der Waals surface area contributed by atoms with E-state index in [0.717, 1.165) is 45.2 Å². The van der Waals surface area contributed by atoms with Crippen LogP contribution in [0.15, 0.2) is 29.3 Å². The Morgan fingerprint density at radius 1 is 1.15 bits per heavy atom. The van der Waals surface area contributed by atoms with Crippen LogP contribution in [0.2, 0.25) is 0 Å². The highest BCUT2D eigenvalue weighted by atomic mass is 127. The monoisotopic (exact) mass is 487 g/mol. The zero-order chi connectivity index (χ0) is 18.9. The van der Waals surface area contributed by atoms with Crippen molar-refractivity contribution in [1.29, 1.82) is 0 Å². The minimum absolute atomic E-state index is 0. The van der Waals surface area contributed by atoms with Gasteiger partial charge >= 0.3 is 0 Å². The van der Waals surface area contributed by atoms with Crippen LogP contribution >= 0.6 is 24.0 Å². The molecular weight excluding hydrogens is 449 g/mol. The molecule has 1 aromatic rings. The zero-order valence-corrected chi connectivity index (χ0v) is 20.0. The minimum Gasteiger partial charge on any atom is -0.357 e. The largest absolute Gasteiger partial charge is 0.357 e. The molecule has 6 heteroatoms. The first-order valence-electron chi connectivity index (χ1n) is 10.00. The summed E-state index contributed by atoms with van der Waals surface area (Å²) in [6, 6.07) is 9.10. The van der Waals surface area contributed by atoms with E-state index in [0.29, 0.717) is 18.5 Å². The van der Waals surface area contributed by atoms with Crippen molar-refractivity contribution < 1.29 is 0 Å². The smallest absolute Gasteiger partial charge is 0.191 e. The normalized spacial score (nSPS) is 17.5. The summed E-state index contributed by atoms with van der Waals surface area (Å²) in [5.41, 5.74) is 2.53. The van der Waals surface area contributed by atoms with Crippen LogP contribution in [0.1, 0.15) is 31.9 Å². The number of hydrogen-bond acceptors (Lipinski definition) is 3. The van der Waals surface area contributed by atoms with Gasteiger partial charge < -0.3 is 15.5 Å². The molecule has 1 fully saturated rings. The molecule has 1 atom stereocenters. The molecule has 154 valence electrons. The molecule has 5 nitrogen and oxygen atoms in total. The van der Waals surface area contributed by atoms with Crippen LogP contribution in [-0.4, -0.2) is 68.1 Å². The van der Waals surface area contributed by atoms with Crippen molar-refractivity contribution in [1.82, 2.24) is 20.4 Å². The van der Waals surface area contributed by atoms with Crippen LogP contribution in [0, 0.1) is 12.8 Å². The van der Waals surface area contributed by atoms with Gasteiger partial charge in [-0.05, 0) is 32.4 Å². The van der Waals surface area contributed by atoms with E-state index < -0.39 is 0 Å². The molecule has 0 bridgehead atoms. The van der Waals surface area contributed by atoms with Gasteiger partial charge in [-0.3, -0.25) is 4.90 Å². The van der Waals surface area contributed by atoms with Crippen molar-refractivity contribution in [3.05, 3.63) is 35.4 Å². The van der Waals surface area contributed by atoms with E-state index in [1.807, 2.05) is 0 Å². The first kappa shape index (κ1) is 24.2. The van der Waals surface area contributed by atoms with Crippen molar-refractivity contribution in [2.45, 2.75) is 40.3 Å². The number of nitrogens with zero attached hydrogens (tertiary/aromatic N) is 3. The summed E-state index contributed by atoms with van der Waals surface area (Å²) in [5.74, 6) is 1.53. The quantitative estimate of drug-likeness (QED) is 0.353. The number of likely N-dealkylation sites (N-methyl/N-ethyl adjacent to an activating group) is 1. The van der Waals surface area contributed by atoms with Gasteiger partial charge in [-0.25, -0.2) is 4.99 Å². The van der Waals surface area contributed by atoms with E-state index >= 15 is 0 Å². The van der Waals surface area contributed by atoms with E-state index in [-0.39, 0.29) is 24.0 Å². The third kappa shape index (κ3) is 8.35. The summed E-state index contributed by atoms with van der Waals surface area (Å²) >= 11 is 0. The van der Waals surface area contributed by atoms with Crippen LogP contribution < -0.4 is 10.6 Å². The Hall–Kier alpha value is -0.860. The Labute approximate surface area is 183 Å². The highest BCUT2D eigenvalue weighted by molar-refractivity contribution is 14.0. The van der Waals surface area contributed by atoms with Crippen molar-refractivity contribution >= 4 is 29.9 Å². The number of nitrogens with one attached hydrogen (secondary N) is 2. The Balaban J connectivity index is 0.00000364. The maximum Gasteiger partial charge on any atom is 0.191 e. The lowest BCUT2D eigenvalue weighted by atomic mass is 10.0. The van der Waals surface area contributed by atoms with Crippen molar-refractivity contribution in [3.63, 3.8) is 0 Å². The Morgan fingerprint density at radius 3 is 2.44 bits per heavy atom. The molecule has 1 aromatic carbocycles. The second-order valence-corrected chi connectivity index (χ2v) is 7.72. The first-order chi connectivity index (χ1) is 12.5. The molecular formula is C21H38IN5. The molecule has 0 spiro atoms. The molecule has 2 rings (SSSR count). The SMILES string of the molecule is CCNC(=NCc1cccc(C)c1)NCC(C(C)C)N1CCN(C)CC1.I. The van der Waals surface area contributed by atoms with Gasteiger partial charge in [0.25, 0.3) is 0 Å². The molecule has 0 aromatic heterocycles. The van der Waals surface area contributed by atoms with Crippen molar-refractivity contribution in [3.8, 4) is 0 Å². The zero-order valence-electron chi connectivity index (χ0n) is 17.7. The lowest BCUT2D eigenvalue weighted by Gasteiger charge is -2.40. The molecule has 2 N–H and O–H groups in total. The number of rotatable bonds is 7. The summed E-state index contributed by atoms with van der Waals surface area (Å²) in [5, 5.41) is 6.96. The van der Waals surface area contributed by atoms with E-state index in [1.54, 1.807) is 0 Å². The van der Waals surface area contributed by atoms with Gasteiger partial charge in [0.1, 0.15) is 0 Å². The number of aliphatic imine (C=N–C) groups is 1. The fourth-order valence-electron chi connectivity index (χ4n) is 3.46. The topological polar surface area (TPSA) is 42.9 Å². The van der Waals surface area contributed by atoms with Crippen molar-refractivity contribution in [2.75, 3.05) is 46.3 Å². The lowest BCUT2D eigenvalue weighted by molar-refractivity contribution is 0.0900. The van der Waals surface area contributed by atoms with E-state index in [1.165, 1.54) is 11.1 Å². The maximum atomic E-state index is 4.78. The summed E-state index contributed by atoms with van der Waals surface area (Å²) in [6.07, 6.45) is 0. The summed E-state index contributed by atoms with van der Waals surface area (Å²) < 4.78 is 0. The Bertz CT molecular complexity index is 567. The molecule has 1 aliphatic rings. The van der Waals surface area contributed by atoms with Crippen LogP contribution in [0.25, 0.3) is 0 Å². The van der Waals surface area contributed by atoms with Crippen LogP contribution in [0.3, 0.4) is 0 Å². The lowest BCUT2D eigenvalue weighted by Crippen LogP contribution is -2.55. The van der Waals surface area contributed by atoms with Gasteiger partial charge in [-0.2, -0.15) is 0 Å². The van der Waals surface area contributed by atoms with Crippen LogP contribution in [0.5, 0.6) is 0 Å².